The third-order valence-electron chi connectivity index (χ3n) is 4.92. The number of nitrogens with one attached hydrogen (secondary N) is 1. The van der Waals surface area contributed by atoms with E-state index < -0.39 is 0 Å². The van der Waals surface area contributed by atoms with Gasteiger partial charge in [-0.05, 0) is 56.8 Å². The number of nitrogens with zero attached hydrogens (tertiary/aromatic N) is 3. The molecule has 1 N–H and O–H groups in total. The van der Waals surface area contributed by atoms with Crippen LogP contribution in [-0.2, 0) is 11.3 Å². The Morgan fingerprint density at radius 3 is 2.62 bits per heavy atom. The number of carbonyl (C=O) groups excluding carboxylic acids is 1. The molecule has 0 spiro atoms. The number of thiophene rings is 1. The highest BCUT2D eigenvalue weighted by molar-refractivity contribution is 7.13. The molecule has 3 aromatic heterocycles. The van der Waals surface area contributed by atoms with Crippen LogP contribution in [0.5, 0.6) is 0 Å². The van der Waals surface area contributed by atoms with Crippen molar-refractivity contribution < 1.29 is 9.21 Å². The number of aryl methyl sites for hydroxylation is 3. The largest absolute Gasteiger partial charge is 0.415 e. The third-order valence-corrected chi connectivity index (χ3v) is 5.78. The fraction of sp³-hybridized carbons (Fsp3) is 0.227. The zero-order chi connectivity index (χ0) is 20.5. The van der Waals surface area contributed by atoms with Crippen LogP contribution < -0.4 is 5.32 Å². The molecule has 0 atom stereocenters. The first-order chi connectivity index (χ1) is 13.9. The molecule has 29 heavy (non-hydrogen) atoms. The van der Waals surface area contributed by atoms with Crippen molar-refractivity contribution in [3.63, 3.8) is 0 Å². The van der Waals surface area contributed by atoms with Crippen molar-refractivity contribution in [2.24, 2.45) is 0 Å². The standard InChI is InChI=1S/C22H22N4O2S/c1-13-7-8-18(14(2)10-13)23-20(27)12-26-15(3)11-17(16(26)4)21-24-25-22(28-21)19-6-5-9-29-19/h5-11H,12H2,1-4H3,(H,23,27). The highest BCUT2D eigenvalue weighted by Crippen LogP contribution is 2.30. The van der Waals surface area contributed by atoms with Crippen molar-refractivity contribution in [2.75, 3.05) is 5.32 Å². The topological polar surface area (TPSA) is 73.0 Å². The van der Waals surface area contributed by atoms with Crippen LogP contribution in [0, 0.1) is 27.7 Å². The molecule has 3 heterocycles. The van der Waals surface area contributed by atoms with Crippen molar-refractivity contribution in [3.05, 3.63) is 64.3 Å². The lowest BCUT2D eigenvalue weighted by Gasteiger charge is -2.12. The summed E-state index contributed by atoms with van der Waals surface area (Å²) >= 11 is 1.55. The number of benzene rings is 1. The smallest absolute Gasteiger partial charge is 0.258 e. The molecular formula is C22H22N4O2S. The zero-order valence-electron chi connectivity index (χ0n) is 16.8. The molecule has 0 aliphatic heterocycles. The van der Waals surface area contributed by atoms with E-state index in [1.54, 1.807) is 11.3 Å². The highest BCUT2D eigenvalue weighted by Gasteiger charge is 2.19. The van der Waals surface area contributed by atoms with Crippen molar-refractivity contribution in [2.45, 2.75) is 34.2 Å². The molecule has 0 saturated heterocycles. The Labute approximate surface area is 173 Å². The van der Waals surface area contributed by atoms with Gasteiger partial charge in [0.25, 0.3) is 5.89 Å². The van der Waals surface area contributed by atoms with Gasteiger partial charge in [0, 0.05) is 17.1 Å². The van der Waals surface area contributed by atoms with E-state index in [2.05, 4.69) is 21.6 Å². The number of anilines is 1. The molecule has 4 aromatic rings. The lowest BCUT2D eigenvalue weighted by molar-refractivity contribution is -0.116. The summed E-state index contributed by atoms with van der Waals surface area (Å²) < 4.78 is 7.83. The lowest BCUT2D eigenvalue weighted by atomic mass is 10.1. The Morgan fingerprint density at radius 2 is 1.90 bits per heavy atom. The Bertz CT molecular complexity index is 1170. The van der Waals surface area contributed by atoms with Gasteiger partial charge in [0.1, 0.15) is 6.54 Å². The van der Waals surface area contributed by atoms with E-state index in [9.17, 15) is 4.79 Å². The minimum atomic E-state index is -0.0740. The fourth-order valence-corrected chi connectivity index (χ4v) is 4.02. The van der Waals surface area contributed by atoms with Gasteiger partial charge in [0.2, 0.25) is 11.8 Å². The normalized spacial score (nSPS) is 11.0. The second-order valence-corrected chi connectivity index (χ2v) is 8.07. The molecule has 7 heteroatoms. The minimum Gasteiger partial charge on any atom is -0.415 e. The molecule has 0 bridgehead atoms. The van der Waals surface area contributed by atoms with Gasteiger partial charge in [-0.25, -0.2) is 0 Å². The van der Waals surface area contributed by atoms with Gasteiger partial charge in [-0.2, -0.15) is 0 Å². The molecule has 148 valence electrons. The first kappa shape index (κ1) is 19.1. The number of hydrogen-bond acceptors (Lipinski definition) is 5. The number of amides is 1. The number of rotatable bonds is 5. The molecule has 0 saturated carbocycles. The van der Waals surface area contributed by atoms with Gasteiger partial charge < -0.3 is 14.3 Å². The first-order valence-electron chi connectivity index (χ1n) is 9.34. The maximum absolute atomic E-state index is 12.6. The summed E-state index contributed by atoms with van der Waals surface area (Å²) in [6.45, 7) is 8.18. The van der Waals surface area contributed by atoms with E-state index in [4.69, 9.17) is 4.42 Å². The molecule has 1 amide bonds. The van der Waals surface area contributed by atoms with Crippen LogP contribution in [0.4, 0.5) is 5.69 Å². The number of carbonyl (C=O) groups is 1. The lowest BCUT2D eigenvalue weighted by Crippen LogP contribution is -2.20. The van der Waals surface area contributed by atoms with E-state index >= 15 is 0 Å². The predicted molar refractivity (Wildman–Crippen MR) is 115 cm³/mol. The van der Waals surface area contributed by atoms with Crippen LogP contribution in [0.2, 0.25) is 0 Å². The molecule has 1 aromatic carbocycles. The van der Waals surface area contributed by atoms with E-state index in [0.717, 1.165) is 33.1 Å². The van der Waals surface area contributed by atoms with E-state index in [1.165, 1.54) is 5.56 Å². The van der Waals surface area contributed by atoms with E-state index in [-0.39, 0.29) is 12.5 Å². The summed E-state index contributed by atoms with van der Waals surface area (Å²) in [7, 11) is 0. The quantitative estimate of drug-likeness (QED) is 0.498. The number of hydrogen-bond donors (Lipinski definition) is 1. The minimum absolute atomic E-state index is 0.0740. The first-order valence-corrected chi connectivity index (χ1v) is 10.2. The highest BCUT2D eigenvalue weighted by atomic mass is 32.1. The molecule has 6 nitrogen and oxygen atoms in total. The van der Waals surface area contributed by atoms with Crippen LogP contribution in [0.3, 0.4) is 0 Å². The fourth-order valence-electron chi connectivity index (χ4n) is 3.38. The van der Waals surface area contributed by atoms with Crippen LogP contribution in [0.15, 0.2) is 46.2 Å². The molecular weight excluding hydrogens is 384 g/mol. The molecule has 0 fully saturated rings. The Morgan fingerprint density at radius 1 is 1.10 bits per heavy atom. The molecule has 0 unspecified atom stereocenters. The van der Waals surface area contributed by atoms with Crippen molar-refractivity contribution in [1.82, 2.24) is 14.8 Å². The van der Waals surface area contributed by atoms with Crippen molar-refractivity contribution in [1.29, 1.82) is 0 Å². The summed E-state index contributed by atoms with van der Waals surface area (Å²) in [6.07, 6.45) is 0. The monoisotopic (exact) mass is 406 g/mol. The Kier molecular flexibility index (Phi) is 5.07. The predicted octanol–water partition coefficient (Wildman–Crippen LogP) is 5.14. The zero-order valence-corrected chi connectivity index (χ0v) is 17.6. The van der Waals surface area contributed by atoms with Gasteiger partial charge in [-0.15, -0.1) is 21.5 Å². The average Bonchev–Trinajstić information content (AvgIpc) is 3.41. The summed E-state index contributed by atoms with van der Waals surface area (Å²) in [5.41, 5.74) is 5.78. The van der Waals surface area contributed by atoms with Gasteiger partial charge in [-0.1, -0.05) is 23.8 Å². The Hall–Kier alpha value is -3.19. The summed E-state index contributed by atoms with van der Waals surface area (Å²) in [5.74, 6) is 0.894. The third kappa shape index (κ3) is 3.86. The summed E-state index contributed by atoms with van der Waals surface area (Å²) in [4.78, 5) is 13.6. The van der Waals surface area contributed by atoms with Crippen LogP contribution in [0.25, 0.3) is 22.2 Å². The SMILES string of the molecule is Cc1ccc(NC(=O)Cn2c(C)cc(-c3nnc(-c4cccs4)o3)c2C)c(C)c1. The summed E-state index contributed by atoms with van der Waals surface area (Å²) in [5, 5.41) is 13.3. The van der Waals surface area contributed by atoms with Gasteiger partial charge >= 0.3 is 0 Å². The molecule has 0 aliphatic carbocycles. The van der Waals surface area contributed by atoms with E-state index in [1.807, 2.05) is 68.0 Å². The molecule has 0 aliphatic rings. The van der Waals surface area contributed by atoms with Crippen molar-refractivity contribution in [3.8, 4) is 22.2 Å². The molecule has 4 rings (SSSR count). The maximum Gasteiger partial charge on any atom is 0.258 e. The van der Waals surface area contributed by atoms with Crippen LogP contribution >= 0.6 is 11.3 Å². The van der Waals surface area contributed by atoms with Crippen molar-refractivity contribution >= 4 is 22.9 Å². The summed E-state index contributed by atoms with van der Waals surface area (Å²) in [6, 6.07) is 11.9. The van der Waals surface area contributed by atoms with Gasteiger partial charge in [0.15, 0.2) is 0 Å². The number of aromatic nitrogens is 3. The Balaban J connectivity index is 1.55. The van der Waals surface area contributed by atoms with Crippen LogP contribution in [0.1, 0.15) is 22.5 Å². The second-order valence-electron chi connectivity index (χ2n) is 7.13. The average molecular weight is 407 g/mol. The van der Waals surface area contributed by atoms with Crippen LogP contribution in [-0.4, -0.2) is 20.7 Å². The van der Waals surface area contributed by atoms with Gasteiger partial charge in [0.05, 0.1) is 10.4 Å². The van der Waals surface area contributed by atoms with Gasteiger partial charge in [-0.3, -0.25) is 4.79 Å². The second kappa shape index (κ2) is 7.67. The van der Waals surface area contributed by atoms with E-state index in [0.29, 0.717) is 11.8 Å². The maximum atomic E-state index is 12.6. The molecule has 0 radical (unpaired) electrons.